The maximum absolute atomic E-state index is 14.2. The van der Waals surface area contributed by atoms with Gasteiger partial charge in [-0.25, -0.2) is 4.39 Å². The molecule has 106 valence electrons. The highest BCUT2D eigenvalue weighted by Gasteiger charge is 2.26. The average molecular weight is 264 g/mol. The fraction of sp³-hybridized carbons (Fsp3) is 0.625. The standard InChI is InChI=1S/C16H25FN2/c1-4-11-18-12(2)16-14(17)9-6-10-15(16)19(3)13-7-5-8-13/h6,9-10,12-13,18H,4-5,7-8,11H2,1-3H3. The second-order valence-electron chi connectivity index (χ2n) is 5.54. The molecule has 0 heterocycles. The highest BCUT2D eigenvalue weighted by molar-refractivity contribution is 5.56. The molecule has 1 aromatic carbocycles. The van der Waals surface area contributed by atoms with Gasteiger partial charge in [0.15, 0.2) is 0 Å². The molecular formula is C16H25FN2. The van der Waals surface area contributed by atoms with Crippen LogP contribution in [0.4, 0.5) is 10.1 Å². The molecule has 19 heavy (non-hydrogen) atoms. The van der Waals surface area contributed by atoms with Crippen molar-refractivity contribution in [2.75, 3.05) is 18.5 Å². The zero-order valence-corrected chi connectivity index (χ0v) is 12.2. The minimum atomic E-state index is -0.0974. The van der Waals surface area contributed by atoms with Crippen molar-refractivity contribution in [2.45, 2.75) is 51.6 Å². The quantitative estimate of drug-likeness (QED) is 0.839. The molecule has 0 spiro atoms. The third-order valence-electron chi connectivity index (χ3n) is 4.17. The van der Waals surface area contributed by atoms with E-state index in [9.17, 15) is 4.39 Å². The van der Waals surface area contributed by atoms with Crippen molar-refractivity contribution >= 4 is 5.69 Å². The molecule has 1 fully saturated rings. The number of nitrogens with zero attached hydrogens (tertiary/aromatic N) is 1. The second kappa shape index (κ2) is 6.38. The number of hydrogen-bond acceptors (Lipinski definition) is 2. The SMILES string of the molecule is CCCNC(C)c1c(F)cccc1N(C)C1CCC1. The fourth-order valence-corrected chi connectivity index (χ4v) is 2.70. The van der Waals surface area contributed by atoms with Gasteiger partial charge >= 0.3 is 0 Å². The highest BCUT2D eigenvalue weighted by atomic mass is 19.1. The van der Waals surface area contributed by atoms with Crippen LogP contribution in [-0.4, -0.2) is 19.6 Å². The topological polar surface area (TPSA) is 15.3 Å². The molecule has 0 saturated heterocycles. The number of anilines is 1. The molecule has 2 rings (SSSR count). The normalized spacial score (nSPS) is 17.1. The first-order valence-corrected chi connectivity index (χ1v) is 7.39. The Labute approximate surface area is 116 Å². The Bertz CT molecular complexity index is 415. The lowest BCUT2D eigenvalue weighted by molar-refractivity contribution is 0.399. The lowest BCUT2D eigenvalue weighted by Gasteiger charge is -2.38. The minimum Gasteiger partial charge on any atom is -0.371 e. The van der Waals surface area contributed by atoms with E-state index in [1.165, 1.54) is 19.3 Å². The zero-order valence-electron chi connectivity index (χ0n) is 12.2. The summed E-state index contributed by atoms with van der Waals surface area (Å²) in [4.78, 5) is 2.26. The molecule has 0 aromatic heterocycles. The van der Waals surface area contributed by atoms with Crippen molar-refractivity contribution < 1.29 is 4.39 Å². The third-order valence-corrected chi connectivity index (χ3v) is 4.17. The van der Waals surface area contributed by atoms with Crippen LogP contribution in [0.5, 0.6) is 0 Å². The van der Waals surface area contributed by atoms with Crippen LogP contribution in [0, 0.1) is 5.82 Å². The van der Waals surface area contributed by atoms with E-state index in [-0.39, 0.29) is 11.9 Å². The fourth-order valence-electron chi connectivity index (χ4n) is 2.70. The Morgan fingerprint density at radius 2 is 2.16 bits per heavy atom. The Kier molecular flexibility index (Phi) is 4.81. The van der Waals surface area contributed by atoms with Gasteiger partial charge in [0.05, 0.1) is 0 Å². The van der Waals surface area contributed by atoms with Crippen LogP contribution in [0.3, 0.4) is 0 Å². The third kappa shape index (κ3) is 3.08. The van der Waals surface area contributed by atoms with Gasteiger partial charge in [-0.2, -0.15) is 0 Å². The van der Waals surface area contributed by atoms with E-state index in [0.717, 1.165) is 24.2 Å². The number of benzene rings is 1. The van der Waals surface area contributed by atoms with Crippen LogP contribution < -0.4 is 10.2 Å². The van der Waals surface area contributed by atoms with Crippen molar-refractivity contribution in [1.82, 2.24) is 5.32 Å². The highest BCUT2D eigenvalue weighted by Crippen LogP contribution is 2.34. The van der Waals surface area contributed by atoms with Crippen molar-refractivity contribution in [1.29, 1.82) is 0 Å². The van der Waals surface area contributed by atoms with Gasteiger partial charge in [-0.05, 0) is 51.3 Å². The summed E-state index contributed by atoms with van der Waals surface area (Å²) in [5.41, 5.74) is 1.85. The van der Waals surface area contributed by atoms with E-state index in [1.807, 2.05) is 19.1 Å². The van der Waals surface area contributed by atoms with E-state index >= 15 is 0 Å². The minimum absolute atomic E-state index is 0.0543. The Morgan fingerprint density at radius 3 is 2.74 bits per heavy atom. The maximum atomic E-state index is 14.2. The monoisotopic (exact) mass is 264 g/mol. The Morgan fingerprint density at radius 1 is 1.42 bits per heavy atom. The first kappa shape index (κ1) is 14.3. The molecule has 0 amide bonds. The Hall–Kier alpha value is -1.09. The Balaban J connectivity index is 2.24. The predicted octanol–water partition coefficient (Wildman–Crippen LogP) is 3.88. The van der Waals surface area contributed by atoms with Crippen LogP contribution in [-0.2, 0) is 0 Å². The van der Waals surface area contributed by atoms with Crippen molar-refractivity contribution in [2.24, 2.45) is 0 Å². The summed E-state index contributed by atoms with van der Waals surface area (Å²) >= 11 is 0. The van der Waals surface area contributed by atoms with Gasteiger partial charge in [-0.1, -0.05) is 13.0 Å². The largest absolute Gasteiger partial charge is 0.371 e. The molecule has 0 bridgehead atoms. The molecule has 3 heteroatoms. The van der Waals surface area contributed by atoms with Crippen molar-refractivity contribution in [3.63, 3.8) is 0 Å². The van der Waals surface area contributed by atoms with Gasteiger partial charge in [-0.3, -0.25) is 0 Å². The lowest BCUT2D eigenvalue weighted by atomic mass is 9.90. The van der Waals surface area contributed by atoms with Crippen LogP contribution >= 0.6 is 0 Å². The van der Waals surface area contributed by atoms with Crippen LogP contribution in [0.1, 0.15) is 51.1 Å². The molecule has 0 radical (unpaired) electrons. The van der Waals surface area contributed by atoms with Gasteiger partial charge in [0, 0.05) is 30.4 Å². The molecule has 1 aromatic rings. The second-order valence-corrected chi connectivity index (χ2v) is 5.54. The van der Waals surface area contributed by atoms with Gasteiger partial charge < -0.3 is 10.2 Å². The lowest BCUT2D eigenvalue weighted by Crippen LogP contribution is -2.38. The van der Waals surface area contributed by atoms with Crippen molar-refractivity contribution in [3.05, 3.63) is 29.6 Å². The number of rotatable bonds is 6. The van der Waals surface area contributed by atoms with Crippen molar-refractivity contribution in [3.8, 4) is 0 Å². The number of halogens is 1. The first-order chi connectivity index (χ1) is 9.15. The summed E-state index contributed by atoms with van der Waals surface area (Å²) in [6.07, 6.45) is 4.81. The van der Waals surface area contributed by atoms with Gasteiger partial charge in [0.1, 0.15) is 5.82 Å². The molecule has 1 aliphatic rings. The summed E-state index contributed by atoms with van der Waals surface area (Å²) in [7, 11) is 2.09. The van der Waals surface area contributed by atoms with Gasteiger partial charge in [0.2, 0.25) is 0 Å². The number of nitrogens with one attached hydrogen (secondary N) is 1. The summed E-state index contributed by atoms with van der Waals surface area (Å²) in [6.45, 7) is 5.09. The molecule has 0 aliphatic heterocycles. The van der Waals surface area contributed by atoms with E-state index in [2.05, 4.69) is 24.2 Å². The molecule has 1 unspecified atom stereocenters. The summed E-state index contributed by atoms with van der Waals surface area (Å²) in [5.74, 6) is -0.0974. The van der Waals surface area contributed by atoms with E-state index in [1.54, 1.807) is 6.07 Å². The van der Waals surface area contributed by atoms with E-state index in [4.69, 9.17) is 0 Å². The summed E-state index contributed by atoms with van der Waals surface area (Å²) < 4.78 is 14.2. The summed E-state index contributed by atoms with van der Waals surface area (Å²) in [5, 5.41) is 3.39. The van der Waals surface area contributed by atoms with Crippen LogP contribution in [0.2, 0.25) is 0 Å². The van der Waals surface area contributed by atoms with Gasteiger partial charge in [-0.15, -0.1) is 0 Å². The first-order valence-electron chi connectivity index (χ1n) is 7.39. The molecule has 1 saturated carbocycles. The van der Waals surface area contributed by atoms with E-state index in [0.29, 0.717) is 6.04 Å². The molecule has 1 aliphatic carbocycles. The zero-order chi connectivity index (χ0) is 13.8. The van der Waals surface area contributed by atoms with Crippen LogP contribution in [0.15, 0.2) is 18.2 Å². The molecule has 1 N–H and O–H groups in total. The maximum Gasteiger partial charge on any atom is 0.130 e. The van der Waals surface area contributed by atoms with E-state index < -0.39 is 0 Å². The van der Waals surface area contributed by atoms with Gasteiger partial charge in [0.25, 0.3) is 0 Å². The average Bonchev–Trinajstić information content (AvgIpc) is 2.33. The molecule has 2 nitrogen and oxygen atoms in total. The smallest absolute Gasteiger partial charge is 0.130 e. The number of hydrogen-bond donors (Lipinski definition) is 1. The summed E-state index contributed by atoms with van der Waals surface area (Å²) in [6, 6.07) is 6.06. The predicted molar refractivity (Wildman–Crippen MR) is 79.2 cm³/mol. The van der Waals surface area contributed by atoms with Crippen LogP contribution in [0.25, 0.3) is 0 Å². The molecule has 1 atom stereocenters. The molecular weight excluding hydrogens is 239 g/mol.